The van der Waals surface area contributed by atoms with Crippen molar-refractivity contribution < 1.29 is 19.4 Å². The first kappa shape index (κ1) is 23.9. The third kappa shape index (κ3) is 4.31. The van der Waals surface area contributed by atoms with E-state index in [9.17, 15) is 14.7 Å². The molecule has 7 nitrogen and oxygen atoms in total. The summed E-state index contributed by atoms with van der Waals surface area (Å²) in [5, 5.41) is 11.5. The van der Waals surface area contributed by atoms with Crippen LogP contribution in [0.1, 0.15) is 36.4 Å². The molecule has 0 radical (unpaired) electrons. The van der Waals surface area contributed by atoms with Gasteiger partial charge >= 0.3 is 0 Å². The summed E-state index contributed by atoms with van der Waals surface area (Å²) in [6, 6.07) is 15.0. The Morgan fingerprint density at radius 3 is 2.28 bits per heavy atom. The van der Waals surface area contributed by atoms with Gasteiger partial charge in [-0.2, -0.15) is 0 Å². The van der Waals surface area contributed by atoms with Crippen LogP contribution in [0.2, 0.25) is 5.02 Å². The lowest BCUT2D eigenvalue weighted by atomic mass is 9.95. The van der Waals surface area contributed by atoms with Gasteiger partial charge in [0.15, 0.2) is 0 Å². The number of ether oxygens (including phenoxy) is 1. The van der Waals surface area contributed by atoms with E-state index in [0.29, 0.717) is 22.6 Å². The van der Waals surface area contributed by atoms with Crippen molar-refractivity contribution >= 4 is 40.4 Å². The third-order valence-electron chi connectivity index (χ3n) is 6.74. The van der Waals surface area contributed by atoms with Crippen molar-refractivity contribution in [2.75, 3.05) is 30.0 Å². The molecule has 0 saturated carbocycles. The highest BCUT2D eigenvalue weighted by Gasteiger charge is 2.47. The first-order chi connectivity index (χ1) is 17.5. The molecule has 8 heteroatoms. The van der Waals surface area contributed by atoms with Crippen LogP contribution in [0.4, 0.5) is 11.4 Å². The summed E-state index contributed by atoms with van der Waals surface area (Å²) in [6.45, 7) is 2.01. The van der Waals surface area contributed by atoms with Crippen LogP contribution in [0.15, 0.2) is 72.6 Å². The Morgan fingerprint density at radius 1 is 0.972 bits per heavy atom. The molecule has 184 valence electrons. The monoisotopic (exact) mass is 503 g/mol. The highest BCUT2D eigenvalue weighted by Crippen LogP contribution is 2.43. The first-order valence-corrected chi connectivity index (χ1v) is 12.3. The van der Waals surface area contributed by atoms with E-state index in [1.54, 1.807) is 36.7 Å². The second kappa shape index (κ2) is 10.0. The number of carbonyl (C=O) groups is 2. The van der Waals surface area contributed by atoms with E-state index < -0.39 is 17.7 Å². The topological polar surface area (TPSA) is 83.0 Å². The smallest absolute Gasteiger partial charge is 0.300 e. The molecule has 0 aliphatic carbocycles. The lowest BCUT2D eigenvalue weighted by molar-refractivity contribution is -0.132. The van der Waals surface area contributed by atoms with Crippen molar-refractivity contribution in [2.24, 2.45) is 0 Å². The van der Waals surface area contributed by atoms with Crippen molar-refractivity contribution in [1.82, 2.24) is 4.98 Å². The van der Waals surface area contributed by atoms with E-state index in [1.807, 2.05) is 24.3 Å². The van der Waals surface area contributed by atoms with E-state index in [0.717, 1.165) is 31.6 Å². The van der Waals surface area contributed by atoms with Crippen molar-refractivity contribution in [3.05, 3.63) is 88.7 Å². The molecule has 0 bridgehead atoms. The van der Waals surface area contributed by atoms with Crippen LogP contribution >= 0.6 is 11.6 Å². The third-order valence-corrected chi connectivity index (χ3v) is 7.04. The van der Waals surface area contributed by atoms with Crippen molar-refractivity contribution in [1.29, 1.82) is 0 Å². The maximum atomic E-state index is 13.3. The number of methoxy groups -OCH3 is 1. The number of carbonyl (C=O) groups excluding carboxylic acids is 2. The van der Waals surface area contributed by atoms with Gasteiger partial charge in [-0.05, 0) is 79.4 Å². The number of aromatic nitrogens is 1. The number of hydrogen-bond acceptors (Lipinski definition) is 6. The Bertz CT molecular complexity index is 1320. The number of ketones is 1. The molecule has 3 heterocycles. The molecule has 1 amide bonds. The molecule has 1 unspecified atom stereocenters. The number of amides is 1. The molecular weight excluding hydrogens is 478 g/mol. The fourth-order valence-corrected chi connectivity index (χ4v) is 5.16. The van der Waals surface area contributed by atoms with Crippen LogP contribution in [0, 0.1) is 0 Å². The predicted molar refractivity (Wildman–Crippen MR) is 140 cm³/mol. The predicted octanol–water partition coefficient (Wildman–Crippen LogP) is 5.36. The number of hydrogen-bond donors (Lipinski definition) is 1. The highest BCUT2D eigenvalue weighted by molar-refractivity contribution is 6.51. The van der Waals surface area contributed by atoms with Gasteiger partial charge in [-0.15, -0.1) is 0 Å². The van der Waals surface area contributed by atoms with E-state index in [2.05, 4.69) is 9.88 Å². The molecule has 36 heavy (non-hydrogen) atoms. The second-order valence-electron chi connectivity index (χ2n) is 8.86. The fourth-order valence-electron chi connectivity index (χ4n) is 4.91. The second-order valence-corrected chi connectivity index (χ2v) is 9.27. The van der Waals surface area contributed by atoms with Gasteiger partial charge in [0.05, 0.1) is 23.7 Å². The lowest BCUT2D eigenvalue weighted by Crippen LogP contribution is -2.30. The van der Waals surface area contributed by atoms with Gasteiger partial charge < -0.3 is 14.7 Å². The van der Waals surface area contributed by atoms with Crippen LogP contribution in [-0.2, 0) is 9.59 Å². The Kier molecular flexibility index (Phi) is 6.65. The van der Waals surface area contributed by atoms with Gasteiger partial charge in [-0.1, -0.05) is 11.6 Å². The van der Waals surface area contributed by atoms with E-state index >= 15 is 0 Å². The van der Waals surface area contributed by atoms with Gasteiger partial charge in [0, 0.05) is 42.4 Å². The summed E-state index contributed by atoms with van der Waals surface area (Å²) in [6.07, 6.45) is 6.75. The average molecular weight is 504 g/mol. The standard InChI is InChI=1S/C28H26ClN3O4/c1-36-23-10-5-19(17-22(23)29)26(33)24-25(18-11-13-30-14-12-18)32(28(35)27(24)34)21-8-6-20(7-9-21)31-15-3-2-4-16-31/h5-14,17,25,33H,2-4,15-16H2,1H3/b26-24-. The minimum absolute atomic E-state index is 0.00691. The number of pyridine rings is 1. The van der Waals surface area contributed by atoms with E-state index in [4.69, 9.17) is 16.3 Å². The van der Waals surface area contributed by atoms with Crippen LogP contribution in [0.3, 0.4) is 0 Å². The van der Waals surface area contributed by atoms with Gasteiger partial charge in [0.1, 0.15) is 11.5 Å². The summed E-state index contributed by atoms with van der Waals surface area (Å²) in [4.78, 5) is 34.5. The zero-order valence-corrected chi connectivity index (χ0v) is 20.6. The number of halogens is 1. The molecule has 2 aliphatic rings. The molecule has 2 fully saturated rings. The van der Waals surface area contributed by atoms with E-state index in [-0.39, 0.29) is 16.4 Å². The fraction of sp³-hybridized carbons (Fsp3) is 0.250. The van der Waals surface area contributed by atoms with Crippen molar-refractivity contribution in [2.45, 2.75) is 25.3 Å². The molecule has 1 atom stereocenters. The number of rotatable bonds is 5. The van der Waals surface area contributed by atoms with Gasteiger partial charge in [0.2, 0.25) is 0 Å². The minimum Gasteiger partial charge on any atom is -0.507 e. The molecule has 1 N–H and O–H groups in total. The van der Waals surface area contributed by atoms with E-state index in [1.165, 1.54) is 24.5 Å². The zero-order valence-electron chi connectivity index (χ0n) is 19.9. The summed E-state index contributed by atoms with van der Waals surface area (Å²) in [5.74, 6) is -1.33. The van der Waals surface area contributed by atoms with Crippen LogP contribution < -0.4 is 14.5 Å². The van der Waals surface area contributed by atoms with Gasteiger partial charge in [-0.3, -0.25) is 19.5 Å². The summed E-state index contributed by atoms with van der Waals surface area (Å²) >= 11 is 6.27. The quantitative estimate of drug-likeness (QED) is 0.287. The summed E-state index contributed by atoms with van der Waals surface area (Å²) in [5.41, 5.74) is 2.63. The lowest BCUT2D eigenvalue weighted by Gasteiger charge is -2.30. The van der Waals surface area contributed by atoms with Crippen molar-refractivity contribution in [3.63, 3.8) is 0 Å². The van der Waals surface area contributed by atoms with Gasteiger partial charge in [-0.25, -0.2) is 0 Å². The Labute approximate surface area is 214 Å². The number of aliphatic hydroxyl groups is 1. The highest BCUT2D eigenvalue weighted by atomic mass is 35.5. The largest absolute Gasteiger partial charge is 0.507 e. The maximum Gasteiger partial charge on any atom is 0.300 e. The molecule has 2 aromatic carbocycles. The number of piperidine rings is 1. The SMILES string of the molecule is COc1ccc(/C(O)=C2/C(=O)C(=O)N(c3ccc(N4CCCCC4)cc3)C2c2ccncc2)cc1Cl. The Balaban J connectivity index is 1.59. The molecule has 0 spiro atoms. The number of Topliss-reactive ketones (excluding diaryl/α,β-unsaturated/α-hetero) is 1. The number of aliphatic hydroxyl groups excluding tert-OH is 1. The maximum absolute atomic E-state index is 13.3. The number of anilines is 2. The van der Waals surface area contributed by atoms with Crippen LogP contribution in [0.5, 0.6) is 5.75 Å². The molecule has 5 rings (SSSR count). The molecule has 3 aromatic rings. The molecule has 2 saturated heterocycles. The van der Waals surface area contributed by atoms with Gasteiger partial charge in [0.25, 0.3) is 11.7 Å². The Morgan fingerprint density at radius 2 is 1.64 bits per heavy atom. The minimum atomic E-state index is -0.824. The first-order valence-electron chi connectivity index (χ1n) is 11.9. The molecule has 2 aliphatic heterocycles. The van der Waals surface area contributed by atoms with Crippen LogP contribution in [0.25, 0.3) is 5.76 Å². The van der Waals surface area contributed by atoms with Crippen LogP contribution in [-0.4, -0.2) is 42.0 Å². The Hall–Kier alpha value is -3.84. The molecule has 1 aromatic heterocycles. The normalized spacial score (nSPS) is 19.6. The summed E-state index contributed by atoms with van der Waals surface area (Å²) in [7, 11) is 1.49. The number of benzene rings is 2. The molecular formula is C28H26ClN3O4. The number of nitrogens with zero attached hydrogens (tertiary/aromatic N) is 3. The zero-order chi connectivity index (χ0) is 25.2. The summed E-state index contributed by atoms with van der Waals surface area (Å²) < 4.78 is 5.19. The van der Waals surface area contributed by atoms with Crippen molar-refractivity contribution in [3.8, 4) is 5.75 Å². The average Bonchev–Trinajstić information content (AvgIpc) is 3.19.